The lowest BCUT2D eigenvalue weighted by molar-refractivity contribution is 0.595. The second-order valence-corrected chi connectivity index (χ2v) is 6.55. The third-order valence-electron chi connectivity index (χ3n) is 2.03. The highest BCUT2D eigenvalue weighted by molar-refractivity contribution is 7.90. The zero-order chi connectivity index (χ0) is 13.1. The summed E-state index contributed by atoms with van der Waals surface area (Å²) >= 11 is 5.72. The van der Waals surface area contributed by atoms with Gasteiger partial charge in [-0.15, -0.1) is 0 Å². The molecule has 0 fully saturated rings. The summed E-state index contributed by atoms with van der Waals surface area (Å²) in [6.07, 6.45) is 1.69. The summed E-state index contributed by atoms with van der Waals surface area (Å²) < 4.78 is 22.0. The fourth-order valence-electron chi connectivity index (χ4n) is 1.22. The highest BCUT2D eigenvalue weighted by Gasteiger charge is 2.09. The molecule has 8 heteroatoms. The zero-order valence-corrected chi connectivity index (χ0v) is 11.2. The molecule has 1 aromatic rings. The van der Waals surface area contributed by atoms with Crippen LogP contribution in [0.15, 0.2) is 6.07 Å². The summed E-state index contributed by atoms with van der Waals surface area (Å²) in [6.45, 7) is 1.86. The molecule has 17 heavy (non-hydrogen) atoms. The first-order valence-corrected chi connectivity index (χ1v) is 7.44. The lowest BCUT2D eigenvalue weighted by atomic mass is 10.2. The van der Waals surface area contributed by atoms with Crippen molar-refractivity contribution >= 4 is 33.2 Å². The summed E-state index contributed by atoms with van der Waals surface area (Å²) in [7, 11) is -2.95. The smallest absolute Gasteiger partial charge is 0.223 e. The normalized spacial score (nSPS) is 13.4. The van der Waals surface area contributed by atoms with Gasteiger partial charge < -0.3 is 11.1 Å². The van der Waals surface area contributed by atoms with E-state index in [-0.39, 0.29) is 22.9 Å². The van der Waals surface area contributed by atoms with Gasteiger partial charge in [-0.05, 0) is 13.3 Å². The maximum atomic E-state index is 11.0. The fraction of sp³-hybridized carbons (Fsp3) is 0.556. The van der Waals surface area contributed by atoms with Crippen molar-refractivity contribution in [3.8, 4) is 0 Å². The minimum Gasteiger partial charge on any atom is -0.368 e. The Balaban J connectivity index is 2.59. The summed E-state index contributed by atoms with van der Waals surface area (Å²) in [4.78, 5) is 7.66. The monoisotopic (exact) mass is 278 g/mol. The van der Waals surface area contributed by atoms with Crippen LogP contribution in [0.4, 0.5) is 11.8 Å². The van der Waals surface area contributed by atoms with Gasteiger partial charge in [-0.3, -0.25) is 0 Å². The van der Waals surface area contributed by atoms with E-state index in [0.717, 1.165) is 0 Å². The van der Waals surface area contributed by atoms with Crippen molar-refractivity contribution in [1.29, 1.82) is 0 Å². The molecule has 3 N–H and O–H groups in total. The SMILES string of the molecule is CC(CCS(C)(=O)=O)Nc1cc(Cl)nc(N)n1. The molecule has 1 heterocycles. The Morgan fingerprint density at radius 1 is 1.53 bits per heavy atom. The number of rotatable bonds is 5. The molecule has 6 nitrogen and oxygen atoms in total. The van der Waals surface area contributed by atoms with Crippen molar-refractivity contribution in [3.63, 3.8) is 0 Å². The number of hydrogen-bond donors (Lipinski definition) is 2. The molecule has 1 rings (SSSR count). The average Bonchev–Trinajstić information content (AvgIpc) is 2.11. The van der Waals surface area contributed by atoms with Gasteiger partial charge in [0.2, 0.25) is 5.95 Å². The quantitative estimate of drug-likeness (QED) is 0.778. The fourth-order valence-corrected chi connectivity index (χ4v) is 2.20. The van der Waals surface area contributed by atoms with Crippen LogP contribution in [0.2, 0.25) is 5.15 Å². The van der Waals surface area contributed by atoms with Gasteiger partial charge in [0, 0.05) is 18.4 Å². The third kappa shape index (κ3) is 5.69. The number of sulfone groups is 1. The van der Waals surface area contributed by atoms with Crippen LogP contribution < -0.4 is 11.1 Å². The molecule has 0 bridgehead atoms. The molecule has 0 aliphatic heterocycles. The third-order valence-corrected chi connectivity index (χ3v) is 3.20. The van der Waals surface area contributed by atoms with Crippen molar-refractivity contribution < 1.29 is 8.42 Å². The van der Waals surface area contributed by atoms with Gasteiger partial charge in [0.25, 0.3) is 0 Å². The standard InChI is InChI=1S/C9H15ClN4O2S/c1-6(3-4-17(2,15)16)12-8-5-7(10)13-9(11)14-8/h5-6H,3-4H2,1-2H3,(H3,11,12,13,14). The Hall–Kier alpha value is -1.08. The second-order valence-electron chi connectivity index (χ2n) is 3.90. The van der Waals surface area contributed by atoms with Crippen LogP contribution in [-0.4, -0.2) is 36.4 Å². The highest BCUT2D eigenvalue weighted by Crippen LogP contribution is 2.14. The summed E-state index contributed by atoms with van der Waals surface area (Å²) in [6, 6.07) is 1.49. The Labute approximate surface area is 106 Å². The van der Waals surface area contributed by atoms with Crippen molar-refractivity contribution in [2.75, 3.05) is 23.1 Å². The number of nitrogens with one attached hydrogen (secondary N) is 1. The number of nitrogens with two attached hydrogens (primary N) is 1. The van der Waals surface area contributed by atoms with Gasteiger partial charge in [-0.25, -0.2) is 13.4 Å². The first kappa shape index (κ1) is 14.0. The second kappa shape index (κ2) is 5.50. The highest BCUT2D eigenvalue weighted by atomic mass is 35.5. The molecule has 1 unspecified atom stereocenters. The molecular formula is C9H15ClN4O2S. The lowest BCUT2D eigenvalue weighted by Gasteiger charge is -2.14. The van der Waals surface area contributed by atoms with Crippen molar-refractivity contribution in [2.24, 2.45) is 0 Å². The minimum atomic E-state index is -2.95. The van der Waals surface area contributed by atoms with Gasteiger partial charge in [0.15, 0.2) is 0 Å². The Bertz CT molecular complexity index is 472. The molecule has 0 saturated heterocycles. The van der Waals surface area contributed by atoms with Crippen LogP contribution >= 0.6 is 11.6 Å². The van der Waals surface area contributed by atoms with Gasteiger partial charge in [-0.1, -0.05) is 11.6 Å². The lowest BCUT2D eigenvalue weighted by Crippen LogP contribution is -2.20. The first-order valence-electron chi connectivity index (χ1n) is 5.00. The van der Waals surface area contributed by atoms with Gasteiger partial charge in [0.05, 0.1) is 5.75 Å². The summed E-state index contributed by atoms with van der Waals surface area (Å²) in [5.41, 5.74) is 5.44. The molecular weight excluding hydrogens is 264 g/mol. The number of hydrogen-bond acceptors (Lipinski definition) is 6. The number of nitrogens with zero attached hydrogens (tertiary/aromatic N) is 2. The van der Waals surface area contributed by atoms with E-state index in [1.807, 2.05) is 6.92 Å². The van der Waals surface area contributed by atoms with E-state index >= 15 is 0 Å². The van der Waals surface area contributed by atoms with E-state index in [2.05, 4.69) is 15.3 Å². The maximum Gasteiger partial charge on any atom is 0.223 e. The van der Waals surface area contributed by atoms with Gasteiger partial charge in [-0.2, -0.15) is 4.98 Å². The zero-order valence-electron chi connectivity index (χ0n) is 9.64. The number of nitrogen functional groups attached to an aromatic ring is 1. The molecule has 96 valence electrons. The predicted molar refractivity (Wildman–Crippen MR) is 68.9 cm³/mol. The van der Waals surface area contributed by atoms with Crippen LogP contribution in [-0.2, 0) is 9.84 Å². The Morgan fingerprint density at radius 2 is 2.18 bits per heavy atom. The van der Waals surface area contributed by atoms with Crippen LogP contribution in [0.25, 0.3) is 0 Å². The molecule has 0 radical (unpaired) electrons. The van der Waals surface area contributed by atoms with Crippen LogP contribution in [0.3, 0.4) is 0 Å². The van der Waals surface area contributed by atoms with Crippen LogP contribution in [0.1, 0.15) is 13.3 Å². The van der Waals surface area contributed by atoms with E-state index in [9.17, 15) is 8.42 Å². The largest absolute Gasteiger partial charge is 0.368 e. The van der Waals surface area contributed by atoms with Gasteiger partial charge in [0.1, 0.15) is 20.8 Å². The molecule has 1 aromatic heterocycles. The maximum absolute atomic E-state index is 11.0. The number of aromatic nitrogens is 2. The summed E-state index contributed by atoms with van der Waals surface area (Å²) in [5, 5.41) is 3.26. The van der Waals surface area contributed by atoms with Crippen molar-refractivity contribution in [2.45, 2.75) is 19.4 Å². The topological polar surface area (TPSA) is 98.0 Å². The Morgan fingerprint density at radius 3 is 2.71 bits per heavy atom. The molecule has 0 saturated carbocycles. The number of anilines is 2. The van der Waals surface area contributed by atoms with Gasteiger partial charge >= 0.3 is 0 Å². The molecule has 0 aromatic carbocycles. The van der Waals surface area contributed by atoms with E-state index in [1.165, 1.54) is 12.3 Å². The predicted octanol–water partition coefficient (Wildman–Crippen LogP) is 0.947. The molecule has 0 aliphatic carbocycles. The van der Waals surface area contributed by atoms with E-state index in [0.29, 0.717) is 12.2 Å². The average molecular weight is 279 g/mol. The van der Waals surface area contributed by atoms with Crippen molar-refractivity contribution in [1.82, 2.24) is 9.97 Å². The van der Waals surface area contributed by atoms with E-state index in [4.69, 9.17) is 17.3 Å². The number of halogens is 1. The Kier molecular flexibility index (Phi) is 4.53. The molecule has 0 spiro atoms. The summed E-state index contributed by atoms with van der Waals surface area (Å²) in [5.74, 6) is 0.689. The molecule has 0 amide bonds. The van der Waals surface area contributed by atoms with Crippen molar-refractivity contribution in [3.05, 3.63) is 11.2 Å². The minimum absolute atomic E-state index is 0.0462. The van der Waals surface area contributed by atoms with E-state index < -0.39 is 9.84 Å². The first-order chi connectivity index (χ1) is 7.76. The van der Waals surface area contributed by atoms with Crippen LogP contribution in [0.5, 0.6) is 0 Å². The molecule has 1 atom stereocenters. The van der Waals surface area contributed by atoms with Crippen LogP contribution in [0, 0.1) is 0 Å². The van der Waals surface area contributed by atoms with E-state index in [1.54, 1.807) is 0 Å². The molecule has 0 aliphatic rings.